The van der Waals surface area contributed by atoms with E-state index in [1.165, 1.54) is 17.7 Å². The Labute approximate surface area is 271 Å². The molecule has 6 aromatic carbocycles. The Kier molecular flexibility index (Phi) is 7.60. The third-order valence-corrected chi connectivity index (χ3v) is 8.57. The first-order chi connectivity index (χ1) is 22.7. The van der Waals surface area contributed by atoms with Crippen LogP contribution in [0, 0.1) is 6.92 Å². The molecule has 7 rings (SSSR count). The van der Waals surface area contributed by atoms with E-state index in [0.29, 0.717) is 5.69 Å². The van der Waals surface area contributed by atoms with E-state index in [4.69, 9.17) is 4.74 Å². The van der Waals surface area contributed by atoms with Crippen molar-refractivity contribution in [2.45, 2.75) is 13.1 Å². The van der Waals surface area contributed by atoms with Crippen LogP contribution in [-0.4, -0.2) is 11.6 Å². The van der Waals surface area contributed by atoms with Gasteiger partial charge in [0, 0.05) is 53.3 Å². The van der Waals surface area contributed by atoms with Gasteiger partial charge in [0.1, 0.15) is 11.5 Å². The van der Waals surface area contributed by atoms with Gasteiger partial charge in [0.25, 0.3) is 0 Å². The van der Waals surface area contributed by atoms with Crippen molar-refractivity contribution < 1.29 is 17.9 Å². The number of fused-ring (bicyclic) bond motifs is 3. The first-order valence-electron chi connectivity index (χ1n) is 15.3. The van der Waals surface area contributed by atoms with Crippen molar-refractivity contribution in [3.05, 3.63) is 151 Å². The van der Waals surface area contributed by atoms with Crippen LogP contribution in [0.3, 0.4) is 0 Å². The first kappa shape index (κ1) is 30.0. The van der Waals surface area contributed by atoms with E-state index < -0.39 is 11.7 Å². The summed E-state index contributed by atoms with van der Waals surface area (Å²) in [5.74, 6) is 1.55. The molecular formula is C40H32F3N3O. The van der Waals surface area contributed by atoms with Crippen LogP contribution in [0.5, 0.6) is 11.5 Å². The molecule has 0 fully saturated rings. The third kappa shape index (κ3) is 5.88. The SMILES string of the molecule is Cc1ccc(Oc2ccc(N(c3ccccc3)c3ccc4c5ccc(N(C)c6ccc(C(F)(F)F)cc6)cc5n(C)c4c3)cc2)cc1. The normalized spacial score (nSPS) is 11.6. The minimum absolute atomic E-state index is 0.661. The molecule has 0 aliphatic heterocycles. The van der Waals surface area contributed by atoms with Gasteiger partial charge in [-0.05, 0) is 104 Å². The highest BCUT2D eigenvalue weighted by Gasteiger charge is 2.30. The molecule has 47 heavy (non-hydrogen) atoms. The highest BCUT2D eigenvalue weighted by atomic mass is 19.4. The minimum atomic E-state index is -4.37. The van der Waals surface area contributed by atoms with E-state index in [9.17, 15) is 13.2 Å². The van der Waals surface area contributed by atoms with Gasteiger partial charge in [-0.15, -0.1) is 0 Å². The topological polar surface area (TPSA) is 20.6 Å². The fraction of sp³-hybridized carbons (Fsp3) is 0.100. The molecule has 0 atom stereocenters. The maximum absolute atomic E-state index is 13.1. The average Bonchev–Trinajstić information content (AvgIpc) is 3.37. The van der Waals surface area contributed by atoms with Gasteiger partial charge >= 0.3 is 6.18 Å². The Morgan fingerprint density at radius 3 is 1.64 bits per heavy atom. The van der Waals surface area contributed by atoms with Gasteiger partial charge < -0.3 is 19.1 Å². The number of hydrogen-bond donors (Lipinski definition) is 0. The summed E-state index contributed by atoms with van der Waals surface area (Å²) in [7, 11) is 3.90. The summed E-state index contributed by atoms with van der Waals surface area (Å²) in [6.45, 7) is 2.05. The number of anilines is 5. The lowest BCUT2D eigenvalue weighted by molar-refractivity contribution is -0.137. The molecule has 0 N–H and O–H groups in total. The number of para-hydroxylation sites is 1. The van der Waals surface area contributed by atoms with E-state index in [1.807, 2.05) is 79.7 Å². The second-order valence-electron chi connectivity index (χ2n) is 11.6. The molecule has 0 aliphatic rings. The molecule has 0 saturated carbocycles. The molecule has 7 heteroatoms. The number of ether oxygens (including phenoxy) is 1. The summed E-state index contributed by atoms with van der Waals surface area (Å²) in [6.07, 6.45) is -4.37. The summed E-state index contributed by atoms with van der Waals surface area (Å²) in [4.78, 5) is 4.11. The van der Waals surface area contributed by atoms with Crippen LogP contribution in [0.1, 0.15) is 11.1 Å². The Morgan fingerprint density at radius 2 is 1.04 bits per heavy atom. The average molecular weight is 628 g/mol. The molecule has 234 valence electrons. The number of aromatic nitrogens is 1. The molecule has 0 bridgehead atoms. The van der Waals surface area contributed by atoms with Crippen LogP contribution < -0.4 is 14.5 Å². The summed E-state index contributed by atoms with van der Waals surface area (Å²) < 4.78 is 47.6. The standard InChI is InChI=1S/C40H32F3N3O/c1-27-9-19-34(20-10-27)47-35-21-15-31(16-22-35)46(30-7-5-4-6-8-30)33-18-24-37-36-23-17-32(25-38(36)45(3)39(37)26-33)44(2)29-13-11-28(12-14-29)40(41,42)43/h4-26H,1-3H3. The van der Waals surface area contributed by atoms with Gasteiger partial charge in [-0.3, -0.25) is 0 Å². The van der Waals surface area contributed by atoms with Crippen molar-refractivity contribution in [3.8, 4) is 11.5 Å². The van der Waals surface area contributed by atoms with Gasteiger partial charge in [0.05, 0.1) is 16.6 Å². The summed E-state index contributed by atoms with van der Waals surface area (Å²) in [5.41, 5.74) is 7.18. The number of halogens is 3. The molecule has 0 saturated heterocycles. The predicted molar refractivity (Wildman–Crippen MR) is 186 cm³/mol. The molecule has 0 spiro atoms. The lowest BCUT2D eigenvalue weighted by Gasteiger charge is -2.26. The number of alkyl halides is 3. The van der Waals surface area contributed by atoms with Crippen LogP contribution >= 0.6 is 0 Å². The lowest BCUT2D eigenvalue weighted by Crippen LogP contribution is -2.10. The van der Waals surface area contributed by atoms with Crippen molar-refractivity contribution in [2.24, 2.45) is 7.05 Å². The summed E-state index contributed by atoms with van der Waals surface area (Å²) in [6, 6.07) is 44.2. The number of nitrogens with zero attached hydrogens (tertiary/aromatic N) is 3. The fourth-order valence-electron chi connectivity index (χ4n) is 5.98. The largest absolute Gasteiger partial charge is 0.457 e. The number of aryl methyl sites for hydroxylation is 2. The number of hydrogen-bond acceptors (Lipinski definition) is 3. The van der Waals surface area contributed by atoms with Crippen molar-refractivity contribution in [1.29, 1.82) is 0 Å². The smallest absolute Gasteiger partial charge is 0.416 e. The number of benzene rings is 6. The van der Waals surface area contributed by atoms with E-state index in [2.05, 4.69) is 71.0 Å². The van der Waals surface area contributed by atoms with Crippen molar-refractivity contribution in [3.63, 3.8) is 0 Å². The van der Waals surface area contributed by atoms with Crippen LogP contribution in [0.4, 0.5) is 41.6 Å². The molecule has 1 heterocycles. The third-order valence-electron chi connectivity index (χ3n) is 8.57. The molecule has 0 amide bonds. The fourth-order valence-corrected chi connectivity index (χ4v) is 5.98. The minimum Gasteiger partial charge on any atom is -0.457 e. The second-order valence-corrected chi connectivity index (χ2v) is 11.6. The molecule has 0 aliphatic carbocycles. The maximum Gasteiger partial charge on any atom is 0.416 e. The van der Waals surface area contributed by atoms with E-state index in [-0.39, 0.29) is 0 Å². The van der Waals surface area contributed by atoms with Crippen LogP contribution in [0.15, 0.2) is 140 Å². The van der Waals surface area contributed by atoms with Gasteiger partial charge in [0.15, 0.2) is 0 Å². The Balaban J connectivity index is 1.24. The zero-order valence-corrected chi connectivity index (χ0v) is 26.2. The van der Waals surface area contributed by atoms with Gasteiger partial charge in [-0.25, -0.2) is 0 Å². The van der Waals surface area contributed by atoms with Crippen LogP contribution in [-0.2, 0) is 13.2 Å². The second kappa shape index (κ2) is 11.9. The van der Waals surface area contributed by atoms with Crippen molar-refractivity contribution in [1.82, 2.24) is 4.57 Å². The monoisotopic (exact) mass is 627 g/mol. The zero-order valence-electron chi connectivity index (χ0n) is 26.2. The Bertz CT molecular complexity index is 2170. The van der Waals surface area contributed by atoms with Gasteiger partial charge in [-0.2, -0.15) is 13.2 Å². The zero-order chi connectivity index (χ0) is 32.7. The lowest BCUT2D eigenvalue weighted by atomic mass is 10.1. The molecule has 4 nitrogen and oxygen atoms in total. The van der Waals surface area contributed by atoms with Crippen molar-refractivity contribution >= 4 is 50.2 Å². The maximum atomic E-state index is 13.1. The van der Waals surface area contributed by atoms with Crippen LogP contribution in [0.25, 0.3) is 21.8 Å². The predicted octanol–water partition coefficient (Wildman–Crippen LogP) is 11.7. The van der Waals surface area contributed by atoms with Gasteiger partial charge in [0.2, 0.25) is 0 Å². The molecular weight excluding hydrogens is 595 g/mol. The van der Waals surface area contributed by atoms with Gasteiger partial charge in [-0.1, -0.05) is 48.0 Å². The molecule has 7 aromatic rings. The van der Waals surface area contributed by atoms with E-state index >= 15 is 0 Å². The Morgan fingerprint density at radius 1 is 0.553 bits per heavy atom. The van der Waals surface area contributed by atoms with Crippen molar-refractivity contribution in [2.75, 3.05) is 16.8 Å². The quantitative estimate of drug-likeness (QED) is 0.175. The highest BCUT2D eigenvalue weighted by Crippen LogP contribution is 2.40. The van der Waals surface area contributed by atoms with Crippen LogP contribution in [0.2, 0.25) is 0 Å². The highest BCUT2D eigenvalue weighted by molar-refractivity contribution is 6.10. The summed E-state index contributed by atoms with van der Waals surface area (Å²) in [5, 5.41) is 2.22. The Hall–Kier alpha value is -5.69. The summed E-state index contributed by atoms with van der Waals surface area (Å²) >= 11 is 0. The van der Waals surface area contributed by atoms with E-state index in [0.717, 1.165) is 68.2 Å². The molecule has 0 unspecified atom stereocenters. The molecule has 1 aromatic heterocycles. The first-order valence-corrected chi connectivity index (χ1v) is 15.3. The van der Waals surface area contributed by atoms with E-state index in [1.54, 1.807) is 0 Å². The number of rotatable bonds is 7. The molecule has 0 radical (unpaired) electrons.